The van der Waals surface area contributed by atoms with Crippen molar-refractivity contribution in [3.63, 3.8) is 0 Å². The normalized spacial score (nSPS) is 11.5. The monoisotopic (exact) mass is 1890 g/mol. The fourth-order valence-electron chi connectivity index (χ4n) is 16.5. The van der Waals surface area contributed by atoms with Gasteiger partial charge in [0.2, 0.25) is 5.91 Å². The van der Waals surface area contributed by atoms with Crippen molar-refractivity contribution < 1.29 is 29.3 Å². The number of carboxylic acids is 1. The molecule has 23 aromatic rings. The third-order valence-corrected chi connectivity index (χ3v) is 24.3. The van der Waals surface area contributed by atoms with Crippen LogP contribution >= 0.6 is 63.7 Å². The number of hydrogen-bond donors (Lipinski definition) is 12. The minimum absolute atomic E-state index is 0.0802. The van der Waals surface area contributed by atoms with E-state index in [-0.39, 0.29) is 36.1 Å². The van der Waals surface area contributed by atoms with Crippen LogP contribution in [0.1, 0.15) is 12.8 Å². The second-order valence-electron chi connectivity index (χ2n) is 30.1. The number of carbonyl (C=O) groups excluding carboxylic acids is 1. The highest BCUT2D eigenvalue weighted by molar-refractivity contribution is 9.11. The molecule has 606 valence electrons. The van der Waals surface area contributed by atoms with Gasteiger partial charge in [-0.25, -0.2) is 24.3 Å². The largest absolute Gasteiger partial charge is 0.504 e. The number of hydrogen-bond acceptors (Lipinski definition) is 8. The topological polar surface area (TPSA) is 285 Å². The van der Waals surface area contributed by atoms with Crippen molar-refractivity contribution in [2.75, 3.05) is 5.32 Å². The predicted octanol–water partition coefficient (Wildman–Crippen LogP) is 27.9. The molecule has 1 amide bonds. The van der Waals surface area contributed by atoms with Crippen LogP contribution in [0.3, 0.4) is 0 Å². The third-order valence-electron chi connectivity index (χ3n) is 22.3. The summed E-state index contributed by atoms with van der Waals surface area (Å²) >= 11 is 14.3. The maximum Gasteiger partial charge on any atom is 0.303 e. The first-order valence-electron chi connectivity index (χ1n) is 40.0. The quantitative estimate of drug-likeness (QED) is 0.0386. The van der Waals surface area contributed by atoms with E-state index in [4.69, 9.17) is 25.0 Å². The molecular weight excluding hydrogens is 1830 g/mol. The summed E-state index contributed by atoms with van der Waals surface area (Å²) in [7, 11) is 0. The molecule has 0 unspecified atom stereocenters. The smallest absolute Gasteiger partial charge is 0.303 e. The van der Waals surface area contributed by atoms with Gasteiger partial charge in [-0.05, 0) is 155 Å². The number of imidazole rings is 4. The van der Waals surface area contributed by atoms with Gasteiger partial charge in [0.15, 0.2) is 11.5 Å². The number of nitrogens with zero attached hydrogens (tertiary/aromatic N) is 4. The van der Waals surface area contributed by atoms with Crippen LogP contribution in [0.5, 0.6) is 11.5 Å². The number of nitrogens with one attached hydrogen (secondary N) is 9. The molecule has 12 N–H and O–H groups in total. The standard InChI is InChI=1S/C29H20FN3.C27H19BrN4O3.C23H13Br2N3.C23H16BrN3O2/c30-22-17-15-21(16-18-22)28-27(20-11-5-2-6-12-20)32-29(33-28)25-23-13-7-8-14-24(23)31-26(25)19-9-3-1-4-10-19;28-14-5-8-22-19(11-14)21(13-29-22)27-31-25-18-4-2-1-3-16(18)17-7-6-15(12-20(17)26(25)32-27)30-23(33)9-10-24(34)35;24-12-5-7-15-14-3-1-2-4-16(14)21-22(18(15)10-12)28-23(27-21)19-11-26-20-8-6-13(25)9-17(19)20;24-15-7-8-18-16(11-15)17(12-25-18)23-26-21(13-4-2-1-3-5-13)22(27-23)14-6-9-19(28)20(29)10-14/h1-18,31H,(H,32,33);1-8,11-13,29H,9-10H2,(H,30,33)(H,31,32)(H,34,35);1-11,26H,(H,27,28);1-12,25,28-29H,(H,26,27). The van der Waals surface area contributed by atoms with Gasteiger partial charge in [-0.15, -0.1) is 0 Å². The van der Waals surface area contributed by atoms with Crippen molar-refractivity contribution in [3.05, 3.63) is 340 Å². The Morgan fingerprint density at radius 3 is 1.26 bits per heavy atom. The van der Waals surface area contributed by atoms with Crippen molar-refractivity contribution in [2.45, 2.75) is 12.8 Å². The number of fused-ring (bicyclic) bond motifs is 16. The maximum absolute atomic E-state index is 13.6. The van der Waals surface area contributed by atoms with E-state index >= 15 is 0 Å². The molecular formula is C102H68Br4FN13O5. The number of benzene rings is 15. The van der Waals surface area contributed by atoms with Crippen LogP contribution in [0.2, 0.25) is 0 Å². The number of para-hydroxylation sites is 1. The Hall–Kier alpha value is -14.8. The molecule has 18 nitrogen and oxygen atoms in total. The number of aromatic amines is 8. The highest BCUT2D eigenvalue weighted by atomic mass is 79.9. The summed E-state index contributed by atoms with van der Waals surface area (Å²) in [5.41, 5.74) is 21.5. The average molecular weight is 1890 g/mol. The number of phenols is 2. The van der Waals surface area contributed by atoms with Crippen LogP contribution in [0, 0.1) is 5.82 Å². The number of phenolic OH excluding ortho intramolecular Hbond substituents is 2. The number of aliphatic carboxylic acids is 1. The number of carboxylic acid groups (broad SMARTS) is 1. The molecule has 8 aromatic heterocycles. The Kier molecular flexibility index (Phi) is 20.9. The van der Waals surface area contributed by atoms with Gasteiger partial charge in [-0.3, -0.25) is 9.59 Å². The minimum atomic E-state index is -1.000. The SMILES string of the molecule is Brc1ccc2[nH]cc(-c3nc4c5cc(Br)ccc5c5ccccc5c4[nH]3)c2c1.Fc1ccc(-c2[nH]c(-c3c(-c4ccccc4)[nH]c4ccccc34)nc2-c2ccccc2)cc1.O=C(O)CCC(=O)Nc1ccc2c3ccccc3c3[nH]c(-c4c[nH]c5ccc(Br)cc45)nc3c2c1.Oc1ccc(-c2nc(-c3c[nH]c4ccc(Br)cc34)[nH]c2-c2ccccc2)cc1O. The number of aromatic hydroxyl groups is 2. The molecule has 23 heteroatoms. The van der Waals surface area contributed by atoms with E-state index in [0.717, 1.165) is 201 Å². The number of H-pyrrole nitrogens is 8. The highest BCUT2D eigenvalue weighted by Gasteiger charge is 2.25. The fraction of sp³-hybridized carbons (Fsp3) is 0.0196. The first-order valence-corrected chi connectivity index (χ1v) is 43.1. The first kappa shape index (κ1) is 78.8. The van der Waals surface area contributed by atoms with Crippen molar-refractivity contribution >= 4 is 190 Å². The summed E-state index contributed by atoms with van der Waals surface area (Å²) in [6, 6.07) is 96.9. The third kappa shape index (κ3) is 15.3. The molecule has 0 fully saturated rings. The zero-order valence-electron chi connectivity index (χ0n) is 65.8. The maximum atomic E-state index is 13.6. The van der Waals surface area contributed by atoms with Crippen LogP contribution in [0.4, 0.5) is 10.1 Å². The number of carbonyl (C=O) groups is 2. The number of rotatable bonds is 13. The molecule has 0 aliphatic rings. The lowest BCUT2D eigenvalue weighted by Gasteiger charge is -2.09. The average Bonchev–Trinajstić information content (AvgIpc) is 1.61. The fourth-order valence-corrected chi connectivity index (χ4v) is 17.9. The van der Waals surface area contributed by atoms with Crippen LogP contribution in [-0.2, 0) is 9.59 Å². The summed E-state index contributed by atoms with van der Waals surface area (Å²) < 4.78 is 17.7. The molecule has 0 aliphatic carbocycles. The Morgan fingerprint density at radius 1 is 0.328 bits per heavy atom. The number of halogens is 5. The van der Waals surface area contributed by atoms with Crippen LogP contribution in [0.15, 0.2) is 334 Å². The lowest BCUT2D eigenvalue weighted by Crippen LogP contribution is -2.13. The van der Waals surface area contributed by atoms with Gasteiger partial charge in [0.05, 0.1) is 62.5 Å². The Bertz CT molecular complexity index is 8140. The molecule has 125 heavy (non-hydrogen) atoms. The Balaban J connectivity index is 0.000000106. The zero-order valence-corrected chi connectivity index (χ0v) is 72.1. The van der Waals surface area contributed by atoms with Gasteiger partial charge < -0.3 is 60.5 Å². The first-order chi connectivity index (χ1) is 61.0. The molecule has 0 spiro atoms. The lowest BCUT2D eigenvalue weighted by molar-refractivity contribution is -0.138. The Morgan fingerprint density at radius 2 is 0.736 bits per heavy atom. The molecule has 15 aromatic carbocycles. The van der Waals surface area contributed by atoms with E-state index in [0.29, 0.717) is 16.9 Å². The number of aromatic nitrogens is 12. The predicted molar refractivity (Wildman–Crippen MR) is 515 cm³/mol. The molecule has 0 radical (unpaired) electrons. The summed E-state index contributed by atoms with van der Waals surface area (Å²) in [6.45, 7) is 0. The molecule has 0 bridgehead atoms. The van der Waals surface area contributed by atoms with Crippen molar-refractivity contribution in [1.82, 2.24) is 59.8 Å². The molecule has 0 saturated heterocycles. The van der Waals surface area contributed by atoms with Gasteiger partial charge in [0.1, 0.15) is 29.1 Å². The van der Waals surface area contributed by atoms with Crippen molar-refractivity contribution in [3.8, 4) is 113 Å². The summed E-state index contributed by atoms with van der Waals surface area (Å²) in [6.07, 6.45) is 5.62. The lowest BCUT2D eigenvalue weighted by atomic mass is 9.99. The number of anilines is 1. The van der Waals surface area contributed by atoms with Crippen molar-refractivity contribution in [1.29, 1.82) is 0 Å². The summed E-state index contributed by atoms with van der Waals surface area (Å²) in [5.74, 6) is 1.17. The Labute approximate surface area is 744 Å². The molecule has 0 atom stereocenters. The molecule has 8 heterocycles. The second-order valence-corrected chi connectivity index (χ2v) is 33.8. The van der Waals surface area contributed by atoms with E-state index < -0.39 is 5.97 Å². The van der Waals surface area contributed by atoms with E-state index in [9.17, 15) is 24.2 Å². The van der Waals surface area contributed by atoms with Gasteiger partial charge in [-0.2, -0.15) is 0 Å². The zero-order chi connectivity index (χ0) is 85.1. The van der Waals surface area contributed by atoms with Gasteiger partial charge >= 0.3 is 5.97 Å². The van der Waals surface area contributed by atoms with E-state index in [1.807, 2.05) is 170 Å². The van der Waals surface area contributed by atoms with Gasteiger partial charge in [0.25, 0.3) is 0 Å². The van der Waals surface area contributed by atoms with E-state index in [1.165, 1.54) is 40.4 Å². The van der Waals surface area contributed by atoms with Gasteiger partial charge in [0, 0.05) is 153 Å². The van der Waals surface area contributed by atoms with Crippen LogP contribution < -0.4 is 5.32 Å². The second kappa shape index (κ2) is 33.2. The highest BCUT2D eigenvalue weighted by Crippen LogP contribution is 2.45. The minimum Gasteiger partial charge on any atom is -0.504 e. The van der Waals surface area contributed by atoms with Gasteiger partial charge in [-0.1, -0.05) is 234 Å². The molecule has 0 aliphatic heterocycles. The number of amides is 1. The van der Waals surface area contributed by atoms with Crippen LogP contribution in [-0.4, -0.2) is 87.0 Å². The van der Waals surface area contributed by atoms with Crippen molar-refractivity contribution in [2.24, 2.45) is 0 Å². The van der Waals surface area contributed by atoms with E-state index in [1.54, 1.807) is 18.2 Å². The summed E-state index contributed by atoms with van der Waals surface area (Å²) in [5, 5.41) is 44.5. The van der Waals surface area contributed by atoms with Crippen LogP contribution in [0.25, 0.3) is 211 Å². The summed E-state index contributed by atoms with van der Waals surface area (Å²) in [4.78, 5) is 70.8. The molecule has 0 saturated carbocycles. The van der Waals surface area contributed by atoms with E-state index in [2.05, 4.69) is 212 Å². The molecule has 23 rings (SSSR count).